The van der Waals surface area contributed by atoms with Crippen molar-refractivity contribution in [2.24, 2.45) is 4.99 Å². The summed E-state index contributed by atoms with van der Waals surface area (Å²) in [5, 5.41) is 1.32. The molecule has 0 bridgehead atoms. The first-order valence-corrected chi connectivity index (χ1v) is 7.91. The van der Waals surface area contributed by atoms with Crippen LogP contribution in [-0.4, -0.2) is 22.3 Å². The first-order chi connectivity index (χ1) is 10.9. The molecule has 2 aromatic carbocycles. The Morgan fingerprint density at radius 2 is 1.86 bits per heavy atom. The summed E-state index contributed by atoms with van der Waals surface area (Å²) in [6.07, 6.45) is 4.46. The maximum absolute atomic E-state index is 4.88. The minimum absolute atomic E-state index is 0.280. The Morgan fingerprint density at radius 1 is 1.00 bits per heavy atom. The maximum Gasteiger partial charge on any atom is 0.106 e. The Balaban J connectivity index is 1.77. The van der Waals surface area contributed by atoms with Gasteiger partial charge in [0.15, 0.2) is 0 Å². The zero-order valence-corrected chi connectivity index (χ0v) is 12.3. The lowest BCUT2D eigenvalue weighted by atomic mass is 9.94. The van der Waals surface area contributed by atoms with E-state index in [9.17, 15) is 0 Å². The number of aromatic amines is 1. The second-order valence-electron chi connectivity index (χ2n) is 6.08. The van der Waals surface area contributed by atoms with Crippen molar-refractivity contribution < 1.29 is 0 Å². The van der Waals surface area contributed by atoms with Crippen molar-refractivity contribution in [1.29, 1.82) is 0 Å². The summed E-state index contributed by atoms with van der Waals surface area (Å²) in [7, 11) is 0. The number of fused-ring (bicyclic) bond motifs is 3. The number of nitrogens with zero attached hydrogens (tertiary/aromatic N) is 2. The minimum Gasteiger partial charge on any atom is -0.361 e. The molecule has 0 aliphatic carbocycles. The van der Waals surface area contributed by atoms with Gasteiger partial charge in [0.1, 0.15) is 5.84 Å². The van der Waals surface area contributed by atoms with Gasteiger partial charge in [-0.25, -0.2) is 4.99 Å². The summed E-state index contributed by atoms with van der Waals surface area (Å²) in [6, 6.07) is 17.4. The highest BCUT2D eigenvalue weighted by atomic mass is 15.3. The Kier molecular flexibility index (Phi) is 2.45. The van der Waals surface area contributed by atoms with Crippen molar-refractivity contribution in [2.45, 2.75) is 18.9 Å². The molecule has 0 radical (unpaired) electrons. The summed E-state index contributed by atoms with van der Waals surface area (Å²) >= 11 is 0. The van der Waals surface area contributed by atoms with E-state index in [1.807, 2.05) is 0 Å². The van der Waals surface area contributed by atoms with Crippen LogP contribution in [0.1, 0.15) is 30.0 Å². The molecule has 1 atom stereocenters. The molecule has 2 aliphatic heterocycles. The third-order valence-electron chi connectivity index (χ3n) is 4.84. The maximum atomic E-state index is 4.88. The molecule has 3 nitrogen and oxygen atoms in total. The van der Waals surface area contributed by atoms with Crippen molar-refractivity contribution in [2.75, 3.05) is 6.54 Å². The first kappa shape index (κ1) is 12.0. The fourth-order valence-electron chi connectivity index (χ4n) is 3.86. The molecular weight excluding hydrogens is 270 g/mol. The van der Waals surface area contributed by atoms with Gasteiger partial charge in [-0.05, 0) is 18.6 Å². The van der Waals surface area contributed by atoms with Gasteiger partial charge in [0.05, 0.1) is 11.7 Å². The van der Waals surface area contributed by atoms with Crippen LogP contribution < -0.4 is 0 Å². The van der Waals surface area contributed by atoms with E-state index in [-0.39, 0.29) is 6.04 Å². The van der Waals surface area contributed by atoms with Gasteiger partial charge < -0.3 is 9.88 Å². The number of rotatable bonds is 1. The van der Waals surface area contributed by atoms with E-state index < -0.39 is 0 Å². The Morgan fingerprint density at radius 3 is 2.86 bits per heavy atom. The van der Waals surface area contributed by atoms with Gasteiger partial charge >= 0.3 is 0 Å². The highest BCUT2D eigenvalue weighted by Crippen LogP contribution is 2.43. The lowest BCUT2D eigenvalue weighted by Crippen LogP contribution is -2.33. The van der Waals surface area contributed by atoms with Crippen molar-refractivity contribution >= 4 is 22.4 Å². The fourth-order valence-corrected chi connectivity index (χ4v) is 3.86. The predicted molar refractivity (Wildman–Crippen MR) is 89.6 cm³/mol. The number of aliphatic imine (C=N–C) groups is 1. The molecule has 108 valence electrons. The zero-order valence-electron chi connectivity index (χ0n) is 12.3. The van der Waals surface area contributed by atoms with E-state index in [0.717, 1.165) is 18.7 Å². The number of amidine groups is 1. The van der Waals surface area contributed by atoms with E-state index >= 15 is 0 Å². The Labute approximate surface area is 129 Å². The van der Waals surface area contributed by atoms with Crippen LogP contribution in [0.3, 0.4) is 0 Å². The summed E-state index contributed by atoms with van der Waals surface area (Å²) in [6.45, 7) is 1.09. The predicted octanol–water partition coefficient (Wildman–Crippen LogP) is 4.40. The Hall–Kier alpha value is -2.55. The molecule has 5 rings (SSSR count). The van der Waals surface area contributed by atoms with Gasteiger partial charge in [0, 0.05) is 41.2 Å². The largest absolute Gasteiger partial charge is 0.361 e. The molecule has 3 aromatic rings. The van der Waals surface area contributed by atoms with E-state index in [0.29, 0.717) is 0 Å². The molecule has 1 fully saturated rings. The quantitative estimate of drug-likeness (QED) is 0.707. The number of aromatic nitrogens is 1. The topological polar surface area (TPSA) is 31.4 Å². The van der Waals surface area contributed by atoms with Crippen LogP contribution >= 0.6 is 0 Å². The highest BCUT2D eigenvalue weighted by molar-refractivity contribution is 5.92. The second kappa shape index (κ2) is 4.47. The molecule has 0 amide bonds. The average molecular weight is 287 g/mol. The summed E-state index contributed by atoms with van der Waals surface area (Å²) < 4.78 is 0. The van der Waals surface area contributed by atoms with Crippen LogP contribution in [-0.2, 0) is 0 Å². The molecule has 1 N–H and O–H groups in total. The molecule has 1 aromatic heterocycles. The summed E-state index contributed by atoms with van der Waals surface area (Å²) in [5.74, 6) is 1.24. The van der Waals surface area contributed by atoms with Crippen LogP contribution in [0, 0.1) is 0 Å². The van der Waals surface area contributed by atoms with Crippen LogP contribution in [0.25, 0.3) is 10.9 Å². The number of benzene rings is 2. The van der Waals surface area contributed by atoms with Crippen LogP contribution in [0.2, 0.25) is 0 Å². The van der Waals surface area contributed by atoms with Crippen molar-refractivity contribution in [3.8, 4) is 0 Å². The number of hydrogen-bond donors (Lipinski definition) is 1. The smallest absolute Gasteiger partial charge is 0.106 e. The van der Waals surface area contributed by atoms with Gasteiger partial charge in [0.25, 0.3) is 0 Å². The monoisotopic (exact) mass is 287 g/mol. The van der Waals surface area contributed by atoms with Crippen molar-refractivity contribution in [3.63, 3.8) is 0 Å². The molecule has 0 saturated carbocycles. The highest BCUT2D eigenvalue weighted by Gasteiger charge is 2.34. The molecule has 1 unspecified atom stereocenters. The van der Waals surface area contributed by atoms with Crippen LogP contribution in [0.4, 0.5) is 5.69 Å². The zero-order chi connectivity index (χ0) is 14.5. The lowest BCUT2D eigenvalue weighted by molar-refractivity contribution is 0.383. The number of para-hydroxylation sites is 2. The molecule has 0 spiro atoms. The SMILES string of the molecule is c1ccc2c(c1)N=C1CCCN1C2c1c[nH]c2ccccc12. The molecule has 1 saturated heterocycles. The third-order valence-corrected chi connectivity index (χ3v) is 4.84. The fraction of sp³-hybridized carbons (Fsp3) is 0.211. The minimum atomic E-state index is 0.280. The number of nitrogens with one attached hydrogen (secondary N) is 1. The standard InChI is InChI=1S/C19H17N3/c1-3-8-16-13(6-1)15(12-20-16)19-14-7-2-4-9-17(14)21-18-10-5-11-22(18)19/h1-4,6-9,12,19-20H,5,10-11H2. The molecule has 3 heterocycles. The number of H-pyrrole nitrogens is 1. The van der Waals surface area contributed by atoms with Gasteiger partial charge in [-0.2, -0.15) is 0 Å². The third kappa shape index (κ3) is 1.59. The molecule has 2 aliphatic rings. The van der Waals surface area contributed by atoms with E-state index in [4.69, 9.17) is 4.99 Å². The molecule has 22 heavy (non-hydrogen) atoms. The van der Waals surface area contributed by atoms with Crippen LogP contribution in [0.15, 0.2) is 59.7 Å². The number of hydrogen-bond acceptors (Lipinski definition) is 2. The first-order valence-electron chi connectivity index (χ1n) is 7.91. The lowest BCUT2D eigenvalue weighted by Gasteiger charge is -2.34. The van der Waals surface area contributed by atoms with E-state index in [1.54, 1.807) is 0 Å². The van der Waals surface area contributed by atoms with Gasteiger partial charge in [-0.3, -0.25) is 0 Å². The molecule has 3 heteroatoms. The van der Waals surface area contributed by atoms with Gasteiger partial charge in [-0.15, -0.1) is 0 Å². The summed E-state index contributed by atoms with van der Waals surface area (Å²) in [4.78, 5) is 10.8. The van der Waals surface area contributed by atoms with Gasteiger partial charge in [-0.1, -0.05) is 36.4 Å². The second-order valence-corrected chi connectivity index (χ2v) is 6.08. The van der Waals surface area contributed by atoms with Crippen LogP contribution in [0.5, 0.6) is 0 Å². The molecular formula is C19H17N3. The normalized spacial score (nSPS) is 19.9. The van der Waals surface area contributed by atoms with E-state index in [2.05, 4.69) is 64.6 Å². The van der Waals surface area contributed by atoms with E-state index in [1.165, 1.54) is 34.3 Å². The van der Waals surface area contributed by atoms with Gasteiger partial charge in [0.2, 0.25) is 0 Å². The van der Waals surface area contributed by atoms with Crippen molar-refractivity contribution in [1.82, 2.24) is 9.88 Å². The average Bonchev–Trinajstić information content (AvgIpc) is 3.19. The Bertz CT molecular complexity index is 890. The van der Waals surface area contributed by atoms with Crippen molar-refractivity contribution in [3.05, 3.63) is 65.9 Å². The summed E-state index contributed by atoms with van der Waals surface area (Å²) in [5.41, 5.74) is 5.01.